The largest absolute Gasteiger partial charge is 0.386 e. The normalized spacial score (nSPS) is 19.6. The molecular weight excluding hydrogens is 594 g/mol. The fourth-order valence-electron chi connectivity index (χ4n) is 4.94. The van der Waals surface area contributed by atoms with Gasteiger partial charge >= 0.3 is 0 Å². The summed E-state index contributed by atoms with van der Waals surface area (Å²) in [5, 5.41) is 31.6. The molecule has 2 N–H and O–H groups in total. The summed E-state index contributed by atoms with van der Waals surface area (Å²) in [7, 11) is 0. The predicted octanol–water partition coefficient (Wildman–Crippen LogP) is 5.35. The van der Waals surface area contributed by atoms with Crippen molar-refractivity contribution in [3.8, 4) is 0 Å². The first kappa shape index (κ1) is 29.3. The molecule has 0 amide bonds. The summed E-state index contributed by atoms with van der Waals surface area (Å²) in [5.41, 5.74) is -0.395. The lowest BCUT2D eigenvalue weighted by Gasteiger charge is -2.33. The van der Waals surface area contributed by atoms with Gasteiger partial charge in [0.25, 0.3) is 0 Å². The Kier molecular flexibility index (Phi) is 8.49. The minimum atomic E-state index is -1.09. The van der Waals surface area contributed by atoms with Gasteiger partial charge in [-0.25, -0.2) is 19.3 Å². The summed E-state index contributed by atoms with van der Waals surface area (Å²) in [5.74, 6) is 0. The molecular formula is C28H30Cl4N6O2. The van der Waals surface area contributed by atoms with E-state index < -0.39 is 21.0 Å². The van der Waals surface area contributed by atoms with Crippen molar-refractivity contribution in [3.63, 3.8) is 0 Å². The van der Waals surface area contributed by atoms with Gasteiger partial charge in [0.1, 0.15) is 36.5 Å². The van der Waals surface area contributed by atoms with Gasteiger partial charge in [0.05, 0.1) is 22.8 Å². The fraction of sp³-hybridized carbons (Fsp3) is 0.429. The van der Waals surface area contributed by atoms with Crippen molar-refractivity contribution in [1.29, 1.82) is 0 Å². The average Bonchev–Trinajstić information content (AvgIpc) is 3.71. The van der Waals surface area contributed by atoms with Gasteiger partial charge in [0, 0.05) is 22.9 Å². The molecule has 2 heterocycles. The Hall–Kier alpha value is -2.20. The second kappa shape index (κ2) is 11.6. The third-order valence-corrected chi connectivity index (χ3v) is 9.90. The molecule has 0 spiro atoms. The van der Waals surface area contributed by atoms with Crippen LogP contribution in [0.25, 0.3) is 0 Å². The number of alkyl halides is 2. The molecule has 0 saturated heterocycles. The fourth-order valence-corrected chi connectivity index (χ4v) is 5.79. The first-order valence-electron chi connectivity index (χ1n) is 13.0. The van der Waals surface area contributed by atoms with Crippen LogP contribution < -0.4 is 0 Å². The number of benzene rings is 2. The quantitative estimate of drug-likeness (QED) is 0.231. The molecule has 40 heavy (non-hydrogen) atoms. The Bertz CT molecular complexity index is 1300. The van der Waals surface area contributed by atoms with Crippen LogP contribution in [0.5, 0.6) is 0 Å². The van der Waals surface area contributed by atoms with Gasteiger partial charge in [-0.3, -0.25) is 0 Å². The van der Waals surface area contributed by atoms with Crippen LogP contribution in [0.3, 0.4) is 0 Å². The van der Waals surface area contributed by atoms with Crippen molar-refractivity contribution in [2.75, 3.05) is 0 Å². The lowest BCUT2D eigenvalue weighted by molar-refractivity contribution is 0.00731. The lowest BCUT2D eigenvalue weighted by Crippen LogP contribution is -2.47. The SMILES string of the molecule is OC(Cc1ccccc1Cl)(Cn1cncn1)C1(Cl)CC1.OC(Cc1ccccc1Cl)(Cn1cncn1)C1(Cl)CC1. The number of rotatable bonds is 10. The van der Waals surface area contributed by atoms with Gasteiger partial charge < -0.3 is 10.2 Å². The molecule has 2 unspecified atom stereocenters. The topological polar surface area (TPSA) is 102 Å². The summed E-state index contributed by atoms with van der Waals surface area (Å²) in [6, 6.07) is 15.0. The summed E-state index contributed by atoms with van der Waals surface area (Å²) in [4.78, 5) is 6.61. The maximum absolute atomic E-state index is 11.1. The van der Waals surface area contributed by atoms with Crippen molar-refractivity contribution in [1.82, 2.24) is 29.5 Å². The van der Waals surface area contributed by atoms with Crippen molar-refractivity contribution in [3.05, 3.63) is 95.0 Å². The molecule has 0 bridgehead atoms. The number of hydrogen-bond acceptors (Lipinski definition) is 6. The van der Waals surface area contributed by atoms with Gasteiger partial charge in [0.15, 0.2) is 0 Å². The second-order valence-corrected chi connectivity index (χ2v) is 13.0. The summed E-state index contributed by atoms with van der Waals surface area (Å²) >= 11 is 25.4. The summed E-state index contributed by atoms with van der Waals surface area (Å²) in [6.45, 7) is 0.615. The second-order valence-electron chi connectivity index (χ2n) is 10.7. The number of aromatic nitrogens is 6. The van der Waals surface area contributed by atoms with Crippen LogP contribution in [0.4, 0.5) is 0 Å². The first-order chi connectivity index (χ1) is 19.0. The molecule has 2 fully saturated rings. The zero-order chi connectivity index (χ0) is 28.4. The Labute approximate surface area is 252 Å². The smallest absolute Gasteiger partial charge is 0.137 e. The highest BCUT2D eigenvalue weighted by Crippen LogP contribution is 2.54. The maximum atomic E-state index is 11.1. The van der Waals surface area contributed by atoms with E-state index in [4.69, 9.17) is 46.4 Å². The van der Waals surface area contributed by atoms with Crippen LogP contribution in [-0.4, -0.2) is 60.7 Å². The lowest BCUT2D eigenvalue weighted by atomic mass is 9.89. The Balaban J connectivity index is 0.000000161. The molecule has 8 nitrogen and oxygen atoms in total. The van der Waals surface area contributed by atoms with Crippen LogP contribution >= 0.6 is 46.4 Å². The molecule has 2 aliphatic carbocycles. The molecule has 12 heteroatoms. The molecule has 2 aliphatic rings. The van der Waals surface area contributed by atoms with E-state index >= 15 is 0 Å². The number of nitrogens with zero attached hydrogens (tertiary/aromatic N) is 6. The number of halogens is 4. The van der Waals surface area contributed by atoms with E-state index in [0.29, 0.717) is 36.0 Å². The van der Waals surface area contributed by atoms with Crippen molar-refractivity contribution in [2.24, 2.45) is 0 Å². The monoisotopic (exact) mass is 622 g/mol. The number of aliphatic hydroxyl groups is 2. The number of hydrogen-bond donors (Lipinski definition) is 2. The molecule has 2 aromatic heterocycles. The Morgan fingerprint density at radius 2 is 1.05 bits per heavy atom. The molecule has 0 aliphatic heterocycles. The van der Waals surface area contributed by atoms with Crippen LogP contribution in [0, 0.1) is 0 Å². The maximum Gasteiger partial charge on any atom is 0.137 e. The third-order valence-electron chi connectivity index (χ3n) is 7.71. The van der Waals surface area contributed by atoms with Crippen LogP contribution in [0.1, 0.15) is 36.8 Å². The van der Waals surface area contributed by atoms with E-state index in [1.807, 2.05) is 48.5 Å². The third kappa shape index (κ3) is 6.48. The van der Waals surface area contributed by atoms with Gasteiger partial charge in [-0.15, -0.1) is 23.2 Å². The van der Waals surface area contributed by atoms with E-state index in [9.17, 15) is 10.2 Å². The highest BCUT2D eigenvalue weighted by atomic mass is 35.5. The highest BCUT2D eigenvalue weighted by molar-refractivity contribution is 6.31. The molecule has 2 aromatic carbocycles. The van der Waals surface area contributed by atoms with Gasteiger partial charge in [-0.1, -0.05) is 59.6 Å². The molecule has 2 atom stereocenters. The van der Waals surface area contributed by atoms with Crippen LogP contribution in [-0.2, 0) is 25.9 Å². The average molecular weight is 624 g/mol. The standard InChI is InChI=1S/2C14H15Cl2N3O/c2*15-12-4-2-1-3-11(12)7-14(20,13(16)5-6-13)8-19-10-17-9-18-19/h2*1-4,9-10,20H,5-8H2. The minimum absolute atomic E-state index is 0.307. The summed E-state index contributed by atoms with van der Waals surface area (Å²) in [6.07, 6.45) is 10.0. The zero-order valence-corrected chi connectivity index (χ0v) is 24.7. The molecule has 0 radical (unpaired) electrons. The highest BCUT2D eigenvalue weighted by Gasteiger charge is 2.59. The van der Waals surface area contributed by atoms with E-state index in [2.05, 4.69) is 20.2 Å². The Morgan fingerprint density at radius 1 is 0.675 bits per heavy atom. The van der Waals surface area contributed by atoms with Crippen molar-refractivity contribution < 1.29 is 10.2 Å². The Morgan fingerprint density at radius 3 is 1.35 bits per heavy atom. The minimum Gasteiger partial charge on any atom is -0.386 e. The predicted molar refractivity (Wildman–Crippen MR) is 156 cm³/mol. The van der Waals surface area contributed by atoms with Gasteiger partial charge in [0.2, 0.25) is 0 Å². The molecule has 6 rings (SSSR count). The molecule has 2 saturated carbocycles. The zero-order valence-electron chi connectivity index (χ0n) is 21.7. The van der Waals surface area contributed by atoms with E-state index in [1.165, 1.54) is 12.7 Å². The van der Waals surface area contributed by atoms with Crippen molar-refractivity contribution >= 4 is 46.4 Å². The molecule has 4 aromatic rings. The van der Waals surface area contributed by atoms with Gasteiger partial charge in [-0.05, 0) is 48.9 Å². The van der Waals surface area contributed by atoms with Crippen LogP contribution in [0.2, 0.25) is 10.0 Å². The molecule has 212 valence electrons. The first-order valence-corrected chi connectivity index (χ1v) is 14.5. The summed E-state index contributed by atoms with van der Waals surface area (Å²) < 4.78 is 3.22. The van der Waals surface area contributed by atoms with E-state index in [1.54, 1.807) is 22.0 Å². The van der Waals surface area contributed by atoms with E-state index in [0.717, 1.165) is 36.8 Å². The van der Waals surface area contributed by atoms with E-state index in [-0.39, 0.29) is 0 Å². The van der Waals surface area contributed by atoms with Crippen molar-refractivity contribution in [2.45, 2.75) is 72.6 Å². The van der Waals surface area contributed by atoms with Gasteiger partial charge in [-0.2, -0.15) is 10.2 Å². The van der Waals surface area contributed by atoms with Crippen LogP contribution in [0.15, 0.2) is 73.8 Å².